The second kappa shape index (κ2) is 40.7. The third kappa shape index (κ3) is 18.5. The summed E-state index contributed by atoms with van der Waals surface area (Å²) in [5, 5.41) is 60.9. The van der Waals surface area contributed by atoms with Crippen molar-refractivity contribution in [1.29, 1.82) is 15.8 Å². The van der Waals surface area contributed by atoms with Gasteiger partial charge in [0.25, 0.3) is 16.7 Å². The third-order valence-corrected chi connectivity index (χ3v) is 25.5. The number of amides is 3. The Morgan fingerprint density at radius 2 is 0.646 bits per heavy atom. The summed E-state index contributed by atoms with van der Waals surface area (Å²) in [6, 6.07) is 12.7. The number of halogens is 19. The first-order valence-corrected chi connectivity index (χ1v) is 44.8. The summed E-state index contributed by atoms with van der Waals surface area (Å²) >= 11 is 19.6. The molecule has 3 amide bonds. The predicted molar refractivity (Wildman–Crippen MR) is 503 cm³/mol. The van der Waals surface area contributed by atoms with E-state index in [-0.39, 0.29) is 184 Å². The van der Waals surface area contributed by atoms with E-state index in [1.165, 1.54) is 34.3 Å². The van der Waals surface area contributed by atoms with E-state index in [4.69, 9.17) is 34.8 Å². The summed E-state index contributed by atoms with van der Waals surface area (Å²) in [5.74, 6) is -30.5. The van der Waals surface area contributed by atoms with Crippen molar-refractivity contribution >= 4 is 103 Å². The molecule has 750 valence electrons. The lowest BCUT2D eigenvalue weighted by Crippen LogP contribution is -2.54. The molecule has 3 aliphatic rings. The second-order valence-corrected chi connectivity index (χ2v) is 35.9. The number of hydrogen-bond acceptors (Lipinski definition) is 21. The standard InChI is InChI=1S/2C33H27ClF6N6O3.C32H27ClF4N6O3/c2*1-6-20(47)45-10-9-44(13-16(45)5)29-17-11-19(34)27(21-23(35)22(33(38,39)40)24(36)25(37)30(21)48)43-31(17)46(32(49)18(29)12-41)28-15(4)7-8-42-26(28)14(2)3;1-6-20(44)42-10-9-41(13-16(42)5)29-17-11-19(33)27(21-22(34)23(35)24(36)25(37)30(21)45)40-31(17)43(32(46)18(29)12-38)28-15(4)7-8-39-26(28)14(2)3/h2*6-8,11,14,16,48H,1,9-10,13H2,2-5H3;6-8,11,14,16,45H,1,9-10,13H2,2-5H3/t3*16-/m111/s1. The number of fused-ring (bicyclic) bond motifs is 3. The van der Waals surface area contributed by atoms with Crippen LogP contribution in [0.2, 0.25) is 15.1 Å². The first-order chi connectivity index (χ1) is 67.6. The van der Waals surface area contributed by atoms with Gasteiger partial charge in [0.05, 0.1) is 100 Å². The lowest BCUT2D eigenvalue weighted by Gasteiger charge is -2.41. The Hall–Kier alpha value is -15.2. The quantitative estimate of drug-likeness (QED) is 0.0371. The Morgan fingerprint density at radius 1 is 0.403 bits per heavy atom. The van der Waals surface area contributed by atoms with Gasteiger partial charge in [-0.05, 0) is 131 Å². The zero-order valence-electron chi connectivity index (χ0n) is 77.9. The number of phenolic OH excluding ortho intramolecular Hbond substituents is 3. The largest absolute Gasteiger partial charge is 0.504 e. The molecule has 12 aromatic rings. The van der Waals surface area contributed by atoms with Gasteiger partial charge in [0.1, 0.15) is 63.0 Å². The van der Waals surface area contributed by atoms with Crippen LogP contribution in [-0.2, 0) is 26.7 Å². The van der Waals surface area contributed by atoms with Crippen molar-refractivity contribution in [2.75, 3.05) is 73.6 Å². The summed E-state index contributed by atoms with van der Waals surface area (Å²) in [6.45, 7) is 32.8. The molecule has 3 aromatic carbocycles. The molecule has 3 fully saturated rings. The molecule has 9 aromatic heterocycles. The molecule has 3 aliphatic heterocycles. The zero-order chi connectivity index (χ0) is 106. The molecule has 15 rings (SSSR count). The van der Waals surface area contributed by atoms with E-state index in [1.807, 2.05) is 32.1 Å². The molecular formula is C98H81Cl3F16N18O9. The first-order valence-electron chi connectivity index (χ1n) is 43.6. The van der Waals surface area contributed by atoms with Gasteiger partial charge in [0.2, 0.25) is 41.0 Å². The number of aromatic nitrogens is 9. The van der Waals surface area contributed by atoms with Gasteiger partial charge < -0.3 is 44.7 Å². The average Bonchev–Trinajstić information content (AvgIpc) is 0.723. The molecule has 0 unspecified atom stereocenters. The number of aromatic hydroxyl groups is 3. The number of hydrogen-bond donors (Lipinski definition) is 3. The lowest BCUT2D eigenvalue weighted by atomic mass is 10.0. The third-order valence-electron chi connectivity index (χ3n) is 24.7. The summed E-state index contributed by atoms with van der Waals surface area (Å²) < 4.78 is 233. The number of rotatable bonds is 15. The fraction of sp³-hybridized carbons (Fsp3) is 0.296. The topological polar surface area (TPSA) is 346 Å². The predicted octanol–water partition coefficient (Wildman–Crippen LogP) is 19.4. The van der Waals surface area contributed by atoms with Crippen molar-refractivity contribution in [3.63, 3.8) is 0 Å². The van der Waals surface area contributed by atoms with E-state index in [0.717, 1.165) is 38.0 Å². The number of pyridine rings is 9. The minimum absolute atomic E-state index is 0.00270. The molecule has 0 saturated carbocycles. The number of alkyl halides is 6. The number of phenols is 3. The van der Waals surface area contributed by atoms with Crippen molar-refractivity contribution in [2.24, 2.45) is 0 Å². The minimum atomic E-state index is -5.73. The number of nitriles is 3. The molecule has 0 bridgehead atoms. The summed E-state index contributed by atoms with van der Waals surface area (Å²) in [4.78, 5) is 116. The molecule has 3 saturated heterocycles. The molecule has 0 aliphatic carbocycles. The average molecular weight is 2070 g/mol. The van der Waals surface area contributed by atoms with Gasteiger partial charge in [-0.25, -0.2) is 45.7 Å². The number of carbonyl (C=O) groups is 3. The minimum Gasteiger partial charge on any atom is -0.504 e. The molecule has 3 N–H and O–H groups in total. The SMILES string of the molecule is C=CC(=O)N1CCN(c2c(C#N)c(=O)n(-c3c(C)ccnc3C(C)C)c3nc(-c4c(O)c(F)c(F)c(C(F)(F)F)c4F)c(Cl)cc23)C[C@H]1C.C=CC(=O)N1CCN(c2c(C#N)c(=O)n(-c3c(C)ccnc3C(C)C)c3nc(-c4c(O)c(F)c(F)c(C(F)(F)F)c4F)c(Cl)cc23)C[C@H]1C.C=CC(=O)N1CCN(c2c(C#N)c(=O)n(-c3c(C)ccnc3C(C)C)c3nc(-c4c(O)c(F)c(F)c(F)c4F)c(Cl)cc23)C[C@H]1C. The van der Waals surface area contributed by atoms with Crippen LogP contribution in [0.3, 0.4) is 0 Å². The van der Waals surface area contributed by atoms with Gasteiger partial charge in [0.15, 0.2) is 52.2 Å². The van der Waals surface area contributed by atoms with Crippen LogP contribution in [-0.4, -0.2) is 168 Å². The Balaban J connectivity index is 0.000000181. The Morgan fingerprint density at radius 3 is 0.875 bits per heavy atom. The number of piperazine rings is 3. The Bertz CT molecular complexity index is 7480. The van der Waals surface area contributed by atoms with Crippen molar-refractivity contribution in [3.05, 3.63) is 259 Å². The summed E-state index contributed by atoms with van der Waals surface area (Å²) in [6.07, 6.45) is -3.48. The van der Waals surface area contributed by atoms with Crippen LogP contribution in [0.1, 0.15) is 142 Å². The number of aryl methyl sites for hydroxylation is 3. The highest BCUT2D eigenvalue weighted by atomic mass is 35.5. The fourth-order valence-corrected chi connectivity index (χ4v) is 18.7. The van der Waals surface area contributed by atoms with Gasteiger partial charge in [-0.15, -0.1) is 0 Å². The highest BCUT2D eigenvalue weighted by molar-refractivity contribution is 6.35. The Kier molecular flexibility index (Phi) is 30.0. The molecule has 0 spiro atoms. The summed E-state index contributed by atoms with van der Waals surface area (Å²) in [7, 11) is 0. The number of anilines is 3. The van der Waals surface area contributed by atoms with Crippen LogP contribution < -0.4 is 31.4 Å². The van der Waals surface area contributed by atoms with Crippen molar-refractivity contribution in [3.8, 4) is 86.3 Å². The maximum atomic E-state index is 15.6. The number of nitrogens with zero attached hydrogens (tertiary/aromatic N) is 18. The fourth-order valence-electron chi connectivity index (χ4n) is 18.0. The van der Waals surface area contributed by atoms with Crippen molar-refractivity contribution in [2.45, 2.75) is 131 Å². The van der Waals surface area contributed by atoms with Gasteiger partial charge in [-0.1, -0.05) is 96.1 Å². The number of carbonyl (C=O) groups excluding carboxylic acids is 3. The normalized spacial score (nSPS) is 15.1. The molecule has 46 heteroatoms. The van der Waals surface area contributed by atoms with Gasteiger partial charge in [-0.3, -0.25) is 57.4 Å². The molecular weight excluding hydrogens is 1980 g/mol. The van der Waals surface area contributed by atoms with Crippen LogP contribution in [0.4, 0.5) is 87.3 Å². The zero-order valence-corrected chi connectivity index (χ0v) is 80.2. The highest BCUT2D eigenvalue weighted by Gasteiger charge is 2.47. The maximum Gasteiger partial charge on any atom is 0.422 e. The molecule has 27 nitrogen and oxygen atoms in total. The van der Waals surface area contributed by atoms with Gasteiger partial charge >= 0.3 is 12.4 Å². The molecule has 3 atom stereocenters. The van der Waals surface area contributed by atoms with Crippen LogP contribution in [0.5, 0.6) is 17.2 Å². The van der Waals surface area contributed by atoms with Crippen LogP contribution in [0.25, 0.3) is 83.9 Å². The van der Waals surface area contributed by atoms with E-state index >= 15 is 13.2 Å². The van der Waals surface area contributed by atoms with Crippen LogP contribution >= 0.6 is 34.8 Å². The molecule has 12 heterocycles. The van der Waals surface area contributed by atoms with Gasteiger partial charge in [0, 0.05) is 112 Å². The van der Waals surface area contributed by atoms with E-state index in [0.29, 0.717) is 33.8 Å². The van der Waals surface area contributed by atoms with E-state index < -0.39 is 177 Å². The molecule has 144 heavy (non-hydrogen) atoms. The monoisotopic (exact) mass is 2060 g/mol. The highest BCUT2D eigenvalue weighted by Crippen LogP contribution is 2.51. The van der Waals surface area contributed by atoms with E-state index in [2.05, 4.69) is 49.6 Å². The van der Waals surface area contributed by atoms with Crippen LogP contribution in [0, 0.1) is 113 Å². The van der Waals surface area contributed by atoms with Crippen molar-refractivity contribution < 1.29 is 99.9 Å². The van der Waals surface area contributed by atoms with E-state index in [9.17, 15) is 117 Å². The maximum absolute atomic E-state index is 15.6. The second-order valence-electron chi connectivity index (χ2n) is 34.7. The Labute approximate surface area is 822 Å². The smallest absolute Gasteiger partial charge is 0.422 e. The van der Waals surface area contributed by atoms with Crippen LogP contribution in [0.15, 0.2) is 107 Å². The van der Waals surface area contributed by atoms with Crippen molar-refractivity contribution in [1.82, 2.24) is 58.3 Å². The summed E-state index contributed by atoms with van der Waals surface area (Å²) in [5.41, 5.74) is -13.4. The first kappa shape index (κ1) is 106. The van der Waals surface area contributed by atoms with Gasteiger partial charge in [-0.2, -0.15) is 55.3 Å². The lowest BCUT2D eigenvalue weighted by molar-refractivity contribution is -0.143. The number of benzene rings is 3. The van der Waals surface area contributed by atoms with E-state index in [1.54, 1.807) is 113 Å². The molecule has 0 radical (unpaired) electrons.